The van der Waals surface area contributed by atoms with E-state index < -0.39 is 0 Å². The van der Waals surface area contributed by atoms with Gasteiger partial charge in [0.25, 0.3) is 0 Å². The first kappa shape index (κ1) is 14.6. The number of carbonyl (C=O) groups is 1. The van der Waals surface area contributed by atoms with Crippen LogP contribution in [0.25, 0.3) is 0 Å². The van der Waals surface area contributed by atoms with Crippen LogP contribution >= 0.6 is 11.6 Å². The van der Waals surface area contributed by atoms with Crippen LogP contribution in [0.5, 0.6) is 0 Å². The number of nitrogens with one attached hydrogen (secondary N) is 2. The van der Waals surface area contributed by atoms with Gasteiger partial charge in [-0.1, -0.05) is 35.0 Å². The fourth-order valence-corrected chi connectivity index (χ4v) is 1.90. The molecule has 0 radical (unpaired) electrons. The van der Waals surface area contributed by atoms with Crippen molar-refractivity contribution in [3.63, 3.8) is 0 Å². The number of benzene rings is 1. The standard InChI is InChI=1S/C14H16ClN3O2/c1-10-8-13(18-20-10)17-14(19)6-7-16-9-11-4-2-3-5-12(11)15/h2-5,8,16H,6-7,9H2,1H3,(H,17,18,19). The first-order valence-corrected chi connectivity index (χ1v) is 6.70. The third-order valence-corrected chi connectivity index (χ3v) is 3.07. The number of aromatic nitrogens is 1. The highest BCUT2D eigenvalue weighted by molar-refractivity contribution is 6.31. The van der Waals surface area contributed by atoms with Gasteiger partial charge in [-0.25, -0.2) is 0 Å². The average Bonchev–Trinajstić information content (AvgIpc) is 2.82. The summed E-state index contributed by atoms with van der Waals surface area (Å²) in [4.78, 5) is 11.6. The minimum absolute atomic E-state index is 0.107. The summed E-state index contributed by atoms with van der Waals surface area (Å²) in [5.41, 5.74) is 1.02. The van der Waals surface area contributed by atoms with Crippen molar-refractivity contribution in [3.8, 4) is 0 Å². The highest BCUT2D eigenvalue weighted by atomic mass is 35.5. The van der Waals surface area contributed by atoms with Crippen LogP contribution < -0.4 is 10.6 Å². The fraction of sp³-hybridized carbons (Fsp3) is 0.286. The monoisotopic (exact) mass is 293 g/mol. The lowest BCUT2D eigenvalue weighted by molar-refractivity contribution is -0.116. The van der Waals surface area contributed by atoms with Crippen LogP contribution in [0.15, 0.2) is 34.9 Å². The Hall–Kier alpha value is -1.85. The minimum Gasteiger partial charge on any atom is -0.360 e. The van der Waals surface area contributed by atoms with Crippen molar-refractivity contribution < 1.29 is 9.32 Å². The maximum atomic E-state index is 11.6. The molecule has 0 fully saturated rings. The normalized spacial score (nSPS) is 10.5. The van der Waals surface area contributed by atoms with Gasteiger partial charge in [-0.15, -0.1) is 0 Å². The molecular weight excluding hydrogens is 278 g/mol. The highest BCUT2D eigenvalue weighted by Gasteiger charge is 2.06. The number of hydrogen-bond acceptors (Lipinski definition) is 4. The van der Waals surface area contributed by atoms with Crippen molar-refractivity contribution in [3.05, 3.63) is 46.7 Å². The summed E-state index contributed by atoms with van der Waals surface area (Å²) < 4.78 is 4.87. The number of carbonyl (C=O) groups excluding carboxylic acids is 1. The number of anilines is 1. The van der Waals surface area contributed by atoms with Crippen molar-refractivity contribution in [1.82, 2.24) is 10.5 Å². The predicted octanol–water partition coefficient (Wildman–Crippen LogP) is 2.75. The lowest BCUT2D eigenvalue weighted by Gasteiger charge is -2.06. The summed E-state index contributed by atoms with van der Waals surface area (Å²) in [6.45, 7) is 2.97. The molecule has 6 heteroatoms. The SMILES string of the molecule is Cc1cc(NC(=O)CCNCc2ccccc2Cl)no1. The van der Waals surface area contributed by atoms with Crippen LogP contribution in [0.4, 0.5) is 5.82 Å². The smallest absolute Gasteiger partial charge is 0.226 e. The first-order valence-electron chi connectivity index (χ1n) is 6.32. The maximum Gasteiger partial charge on any atom is 0.226 e. The van der Waals surface area contributed by atoms with Crippen molar-refractivity contribution in [2.75, 3.05) is 11.9 Å². The summed E-state index contributed by atoms with van der Waals surface area (Å²) in [6, 6.07) is 9.29. The first-order chi connectivity index (χ1) is 9.65. The van der Waals surface area contributed by atoms with E-state index in [1.807, 2.05) is 24.3 Å². The van der Waals surface area contributed by atoms with E-state index >= 15 is 0 Å². The molecule has 5 nitrogen and oxygen atoms in total. The van der Waals surface area contributed by atoms with Gasteiger partial charge < -0.3 is 15.2 Å². The van der Waals surface area contributed by atoms with E-state index in [0.29, 0.717) is 31.1 Å². The van der Waals surface area contributed by atoms with E-state index in [1.54, 1.807) is 13.0 Å². The third-order valence-electron chi connectivity index (χ3n) is 2.70. The second-order valence-corrected chi connectivity index (χ2v) is 4.80. The molecule has 1 aromatic heterocycles. The van der Waals surface area contributed by atoms with Crippen LogP contribution in [-0.4, -0.2) is 17.6 Å². The molecule has 1 heterocycles. The van der Waals surface area contributed by atoms with Crippen LogP contribution in [0, 0.1) is 6.92 Å². The maximum absolute atomic E-state index is 11.6. The Morgan fingerprint density at radius 3 is 2.90 bits per heavy atom. The van der Waals surface area contributed by atoms with E-state index in [-0.39, 0.29) is 5.91 Å². The van der Waals surface area contributed by atoms with Crippen molar-refractivity contribution >= 4 is 23.3 Å². The molecule has 0 aliphatic heterocycles. The van der Waals surface area contributed by atoms with Crippen molar-refractivity contribution in [2.24, 2.45) is 0 Å². The number of aryl methyl sites for hydroxylation is 1. The third kappa shape index (κ3) is 4.36. The second-order valence-electron chi connectivity index (χ2n) is 4.39. The Bertz CT molecular complexity index is 583. The van der Waals surface area contributed by atoms with Gasteiger partial charge in [0.1, 0.15) is 5.76 Å². The van der Waals surface area contributed by atoms with Gasteiger partial charge in [0.2, 0.25) is 5.91 Å². The van der Waals surface area contributed by atoms with E-state index in [1.165, 1.54) is 0 Å². The lowest BCUT2D eigenvalue weighted by Crippen LogP contribution is -2.21. The minimum atomic E-state index is -0.107. The predicted molar refractivity (Wildman–Crippen MR) is 77.6 cm³/mol. The van der Waals surface area contributed by atoms with Crippen molar-refractivity contribution in [1.29, 1.82) is 0 Å². The van der Waals surface area contributed by atoms with Gasteiger partial charge in [0.15, 0.2) is 5.82 Å². The molecule has 0 spiro atoms. The Morgan fingerprint density at radius 2 is 2.20 bits per heavy atom. The van der Waals surface area contributed by atoms with Gasteiger partial charge in [0, 0.05) is 30.6 Å². The Balaban J connectivity index is 1.68. The number of halogens is 1. The summed E-state index contributed by atoms with van der Waals surface area (Å²) in [7, 11) is 0. The molecule has 0 unspecified atom stereocenters. The summed E-state index contributed by atoms with van der Waals surface area (Å²) in [6.07, 6.45) is 0.358. The van der Waals surface area contributed by atoms with Crippen LogP contribution in [0.2, 0.25) is 5.02 Å². The number of hydrogen-bond donors (Lipinski definition) is 2. The largest absolute Gasteiger partial charge is 0.360 e. The molecule has 2 N–H and O–H groups in total. The molecule has 0 aliphatic rings. The van der Waals surface area contributed by atoms with Gasteiger partial charge >= 0.3 is 0 Å². The van der Waals surface area contributed by atoms with Crippen LogP contribution in [0.1, 0.15) is 17.7 Å². The molecular formula is C14H16ClN3O2. The molecule has 106 valence electrons. The molecule has 2 rings (SSSR count). The molecule has 0 atom stereocenters. The molecule has 0 bridgehead atoms. The molecule has 0 saturated carbocycles. The number of nitrogens with zero attached hydrogens (tertiary/aromatic N) is 1. The quantitative estimate of drug-likeness (QED) is 0.804. The zero-order valence-corrected chi connectivity index (χ0v) is 11.9. The van der Waals surface area contributed by atoms with Crippen molar-refractivity contribution in [2.45, 2.75) is 19.9 Å². The van der Waals surface area contributed by atoms with E-state index in [2.05, 4.69) is 15.8 Å². The topological polar surface area (TPSA) is 67.2 Å². The summed E-state index contributed by atoms with van der Waals surface area (Å²) >= 11 is 6.04. The van der Waals surface area contributed by atoms with Gasteiger partial charge in [-0.3, -0.25) is 4.79 Å². The van der Waals surface area contributed by atoms with Gasteiger partial charge in [-0.05, 0) is 18.6 Å². The molecule has 1 aromatic carbocycles. The summed E-state index contributed by atoms with van der Waals surface area (Å²) in [5.74, 6) is 1.00. The average molecular weight is 294 g/mol. The van der Waals surface area contributed by atoms with E-state index in [4.69, 9.17) is 16.1 Å². The van der Waals surface area contributed by atoms with E-state index in [9.17, 15) is 4.79 Å². The zero-order chi connectivity index (χ0) is 14.4. The zero-order valence-electron chi connectivity index (χ0n) is 11.1. The van der Waals surface area contributed by atoms with Gasteiger partial charge in [-0.2, -0.15) is 0 Å². The molecule has 20 heavy (non-hydrogen) atoms. The highest BCUT2D eigenvalue weighted by Crippen LogP contribution is 2.14. The Morgan fingerprint density at radius 1 is 1.40 bits per heavy atom. The summed E-state index contributed by atoms with van der Waals surface area (Å²) in [5, 5.41) is 10.3. The molecule has 1 amide bonds. The number of rotatable bonds is 6. The van der Waals surface area contributed by atoms with E-state index in [0.717, 1.165) is 10.6 Å². The Kier molecular flexibility index (Phi) is 5.15. The lowest BCUT2D eigenvalue weighted by atomic mass is 10.2. The molecule has 0 saturated heterocycles. The fourth-order valence-electron chi connectivity index (χ4n) is 1.70. The second kappa shape index (κ2) is 7.07. The van der Waals surface area contributed by atoms with Crippen LogP contribution in [0.3, 0.4) is 0 Å². The van der Waals surface area contributed by atoms with Gasteiger partial charge in [0.05, 0.1) is 0 Å². The van der Waals surface area contributed by atoms with Crippen LogP contribution in [-0.2, 0) is 11.3 Å². The number of amides is 1. The molecule has 2 aromatic rings. The Labute approximate surface area is 122 Å². The molecule has 0 aliphatic carbocycles.